The van der Waals surface area contributed by atoms with E-state index in [0.29, 0.717) is 23.4 Å². The topological polar surface area (TPSA) is 26.3 Å². The third kappa shape index (κ3) is 4.29. The molecule has 0 aliphatic heterocycles. The minimum absolute atomic E-state index is 0.188. The zero-order valence-corrected chi connectivity index (χ0v) is 6.19. The van der Waals surface area contributed by atoms with Gasteiger partial charge in [-0.2, -0.15) is 0 Å². The second-order valence-electron chi connectivity index (χ2n) is 0.609. The molecule has 2 nitrogen and oxygen atoms in total. The van der Waals surface area contributed by atoms with E-state index in [2.05, 4.69) is 3.02 Å². The first kappa shape index (κ1) is 5.29. The summed E-state index contributed by atoms with van der Waals surface area (Å²) in [7, 11) is 0. The molecule has 0 bridgehead atoms. The van der Waals surface area contributed by atoms with Gasteiger partial charge in [-0.3, -0.25) is 0 Å². The second kappa shape index (κ2) is 2.52. The third-order valence-corrected chi connectivity index (χ3v) is 1.11. The third-order valence-electron chi connectivity index (χ3n) is 0.166. The molecule has 0 saturated carbocycles. The van der Waals surface area contributed by atoms with Gasteiger partial charge in [0.15, 0.2) is 0 Å². The average Bonchev–Trinajstić information content (AvgIpc) is 1.38. The standard InChI is InChI=1S/C2H4O2.Sb.2H/c1-2(3)4;;;/h1H3,(H,3,4);;;/q;+1;;/p-1. The summed E-state index contributed by atoms with van der Waals surface area (Å²) in [5, 5.41) is 0. The van der Waals surface area contributed by atoms with Crippen molar-refractivity contribution in [2.75, 3.05) is 0 Å². The molecule has 0 aliphatic rings. The van der Waals surface area contributed by atoms with Crippen molar-refractivity contribution in [1.29, 1.82) is 0 Å². The Morgan fingerprint density at radius 3 is 2.20 bits per heavy atom. The Bertz CT molecular complexity index is 42.9. The van der Waals surface area contributed by atoms with Gasteiger partial charge < -0.3 is 0 Å². The summed E-state index contributed by atoms with van der Waals surface area (Å²) in [6, 6.07) is 0. The van der Waals surface area contributed by atoms with Gasteiger partial charge in [-0.1, -0.05) is 0 Å². The van der Waals surface area contributed by atoms with Crippen LogP contribution >= 0.6 is 0 Å². The van der Waals surface area contributed by atoms with Gasteiger partial charge in [-0.15, -0.1) is 0 Å². The summed E-state index contributed by atoms with van der Waals surface area (Å²) < 4.78 is 4.24. The van der Waals surface area contributed by atoms with E-state index >= 15 is 0 Å². The summed E-state index contributed by atoms with van der Waals surface area (Å²) in [4.78, 5) is 9.62. The van der Waals surface area contributed by atoms with Gasteiger partial charge in [0.2, 0.25) is 0 Å². The summed E-state index contributed by atoms with van der Waals surface area (Å²) in [6.45, 7) is 1.39. The van der Waals surface area contributed by atoms with E-state index < -0.39 is 0 Å². The van der Waals surface area contributed by atoms with Crippen LogP contribution in [-0.2, 0) is 7.81 Å². The molecule has 0 unspecified atom stereocenters. The molecule has 0 spiro atoms. The van der Waals surface area contributed by atoms with E-state index in [-0.39, 0.29) is 5.97 Å². The Morgan fingerprint density at radius 1 is 2.00 bits per heavy atom. The van der Waals surface area contributed by atoms with Crippen LogP contribution in [0.2, 0.25) is 0 Å². The van der Waals surface area contributed by atoms with Gasteiger partial charge in [0.25, 0.3) is 0 Å². The Morgan fingerprint density at radius 2 is 2.20 bits per heavy atom. The van der Waals surface area contributed by atoms with E-state index in [1.165, 1.54) is 6.92 Å². The van der Waals surface area contributed by atoms with Crippen molar-refractivity contribution in [1.82, 2.24) is 0 Å². The molecule has 0 aromatic carbocycles. The number of rotatable bonds is 0. The summed E-state index contributed by atoms with van der Waals surface area (Å²) in [5.41, 5.74) is 0. The van der Waals surface area contributed by atoms with Crippen molar-refractivity contribution >= 4 is 29.4 Å². The first-order valence-electron chi connectivity index (χ1n) is 1.14. The first-order chi connectivity index (χ1) is 2.27. The molecule has 0 saturated heterocycles. The van der Waals surface area contributed by atoms with Gasteiger partial charge in [0, 0.05) is 0 Å². The number of hydrogen-bond donors (Lipinski definition) is 0. The maximum atomic E-state index is 9.62. The molecule has 3 heteroatoms. The predicted octanol–water partition coefficient (Wildman–Crippen LogP) is -0.902. The van der Waals surface area contributed by atoms with Gasteiger partial charge in [0.1, 0.15) is 0 Å². The number of carbonyl (C=O) groups excluding carboxylic acids is 1. The maximum absolute atomic E-state index is 9.62. The SMILES string of the molecule is CC(=O)[O][SbH2]. The van der Waals surface area contributed by atoms with Crippen molar-refractivity contribution in [2.24, 2.45) is 0 Å². The predicted molar refractivity (Wildman–Crippen MR) is 20.3 cm³/mol. The van der Waals surface area contributed by atoms with Gasteiger partial charge in [0.05, 0.1) is 0 Å². The van der Waals surface area contributed by atoms with Crippen molar-refractivity contribution in [3.05, 3.63) is 0 Å². The van der Waals surface area contributed by atoms with E-state index in [0.717, 1.165) is 0 Å². The molecule has 0 N–H and O–H groups in total. The second-order valence-corrected chi connectivity index (χ2v) is 1.28. The number of hydrogen-bond acceptors (Lipinski definition) is 2. The fourth-order valence-corrected chi connectivity index (χ4v) is 0. The van der Waals surface area contributed by atoms with Crippen LogP contribution in [-0.4, -0.2) is 29.4 Å². The molecule has 0 rings (SSSR count). The molecule has 0 heterocycles. The summed E-state index contributed by atoms with van der Waals surface area (Å²) in [5.74, 6) is -0.188. The van der Waals surface area contributed by atoms with Crippen LogP contribution in [0.3, 0.4) is 0 Å². The van der Waals surface area contributed by atoms with Crippen molar-refractivity contribution in [3.63, 3.8) is 0 Å². The molecule has 0 fully saturated rings. The summed E-state index contributed by atoms with van der Waals surface area (Å²) in [6.07, 6.45) is 0. The Balaban J connectivity index is 2.85. The van der Waals surface area contributed by atoms with E-state index in [1.807, 2.05) is 0 Å². The van der Waals surface area contributed by atoms with Crippen molar-refractivity contribution < 1.29 is 7.81 Å². The minimum atomic E-state index is -0.188. The quantitative estimate of drug-likeness (QED) is 0.454. The van der Waals surface area contributed by atoms with E-state index in [4.69, 9.17) is 0 Å². The van der Waals surface area contributed by atoms with Gasteiger partial charge in [-0.05, 0) is 0 Å². The fourth-order valence-electron chi connectivity index (χ4n) is 0. The van der Waals surface area contributed by atoms with Crippen LogP contribution in [0.1, 0.15) is 6.92 Å². The Labute approximate surface area is 44.6 Å². The van der Waals surface area contributed by atoms with Crippen LogP contribution in [0.25, 0.3) is 0 Å². The molecule has 0 atom stereocenters. The van der Waals surface area contributed by atoms with E-state index in [9.17, 15) is 4.79 Å². The van der Waals surface area contributed by atoms with Crippen LogP contribution in [0.5, 0.6) is 0 Å². The molecule has 0 aromatic heterocycles. The summed E-state index contributed by atoms with van der Waals surface area (Å²) >= 11 is 0.577. The normalized spacial score (nSPS) is 6.80. The van der Waals surface area contributed by atoms with Crippen LogP contribution in [0.15, 0.2) is 0 Å². The fraction of sp³-hybridized carbons (Fsp3) is 0.500. The zero-order valence-electron chi connectivity index (χ0n) is 2.89. The molecule has 30 valence electrons. The van der Waals surface area contributed by atoms with Crippen LogP contribution in [0, 0.1) is 0 Å². The van der Waals surface area contributed by atoms with E-state index in [1.54, 1.807) is 0 Å². The number of carbonyl (C=O) groups is 1. The van der Waals surface area contributed by atoms with Gasteiger partial charge >= 0.3 is 44.1 Å². The molecular weight excluding hydrogens is 178 g/mol. The average molecular weight is 183 g/mol. The first-order valence-corrected chi connectivity index (χ1v) is 2.49. The molecule has 0 amide bonds. The van der Waals surface area contributed by atoms with Gasteiger partial charge in [-0.25, -0.2) is 0 Å². The molecule has 0 aromatic rings. The Kier molecular flexibility index (Phi) is 2.67. The zero-order chi connectivity index (χ0) is 4.28. The van der Waals surface area contributed by atoms with Crippen molar-refractivity contribution in [2.45, 2.75) is 6.92 Å². The molecule has 0 aliphatic carbocycles. The molecule has 5 heavy (non-hydrogen) atoms. The van der Waals surface area contributed by atoms with Crippen LogP contribution < -0.4 is 0 Å². The molecule has 0 radical (unpaired) electrons. The van der Waals surface area contributed by atoms with Crippen molar-refractivity contribution in [3.8, 4) is 0 Å². The Hall–Kier alpha value is 0.288. The monoisotopic (exact) mass is 182 g/mol. The molecular formula is C2H5O2Sb. The van der Waals surface area contributed by atoms with Crippen LogP contribution in [0.4, 0.5) is 0 Å².